The summed E-state index contributed by atoms with van der Waals surface area (Å²) in [4.78, 5) is 14.1. The van der Waals surface area contributed by atoms with E-state index in [2.05, 4.69) is 13.8 Å². The zero-order valence-electron chi connectivity index (χ0n) is 10.4. The zero-order valence-corrected chi connectivity index (χ0v) is 10.4. The molecule has 0 spiro atoms. The van der Waals surface area contributed by atoms with Crippen LogP contribution in [-0.2, 0) is 4.79 Å². The summed E-state index contributed by atoms with van der Waals surface area (Å²) in [5, 5.41) is 10.0. The van der Waals surface area contributed by atoms with Crippen molar-refractivity contribution >= 4 is 5.91 Å². The molecule has 2 aliphatic rings. The van der Waals surface area contributed by atoms with Crippen molar-refractivity contribution in [1.82, 2.24) is 4.90 Å². The van der Waals surface area contributed by atoms with Gasteiger partial charge in [-0.15, -0.1) is 0 Å². The maximum Gasteiger partial charge on any atom is 0.225 e. The summed E-state index contributed by atoms with van der Waals surface area (Å²) in [6.07, 6.45) is 5.03. The number of aliphatic hydroxyl groups excluding tert-OH is 1. The summed E-state index contributed by atoms with van der Waals surface area (Å²) in [7, 11) is 0. The molecule has 16 heavy (non-hydrogen) atoms. The van der Waals surface area contributed by atoms with E-state index < -0.39 is 0 Å². The van der Waals surface area contributed by atoms with E-state index in [-0.39, 0.29) is 23.3 Å². The van der Waals surface area contributed by atoms with Gasteiger partial charge >= 0.3 is 0 Å². The maximum atomic E-state index is 12.2. The molecule has 0 aromatic rings. The third-order valence-electron chi connectivity index (χ3n) is 4.34. The Kier molecular flexibility index (Phi) is 3.24. The van der Waals surface area contributed by atoms with Crippen LogP contribution >= 0.6 is 0 Å². The number of aliphatic hydroxyl groups is 1. The van der Waals surface area contributed by atoms with Crippen molar-refractivity contribution in [3.63, 3.8) is 0 Å². The minimum atomic E-state index is -0.369. The van der Waals surface area contributed by atoms with Crippen LogP contribution in [0.15, 0.2) is 0 Å². The van der Waals surface area contributed by atoms with Crippen molar-refractivity contribution in [3.8, 4) is 0 Å². The monoisotopic (exact) mass is 225 g/mol. The number of hydrogen-bond donors (Lipinski definition) is 1. The zero-order chi connectivity index (χ0) is 11.8. The van der Waals surface area contributed by atoms with E-state index in [1.807, 2.05) is 4.90 Å². The van der Waals surface area contributed by atoms with Crippen LogP contribution in [0.2, 0.25) is 0 Å². The Balaban J connectivity index is 1.94. The first-order valence-corrected chi connectivity index (χ1v) is 6.47. The molecule has 1 N–H and O–H groups in total. The number of β-amino-alcohol motifs (C(OH)–C–C–N with tert-alkyl or cyclic N) is 1. The average Bonchev–Trinajstić information content (AvgIpc) is 2.74. The van der Waals surface area contributed by atoms with Crippen LogP contribution in [0, 0.1) is 11.3 Å². The number of amides is 1. The first kappa shape index (κ1) is 11.9. The molecule has 3 nitrogen and oxygen atoms in total. The van der Waals surface area contributed by atoms with Gasteiger partial charge in [-0.1, -0.05) is 26.7 Å². The summed E-state index contributed by atoms with van der Waals surface area (Å²) >= 11 is 0. The summed E-state index contributed by atoms with van der Waals surface area (Å²) in [5.74, 6) is 0.528. The normalized spacial score (nSPS) is 30.7. The van der Waals surface area contributed by atoms with Gasteiger partial charge in [-0.2, -0.15) is 0 Å². The van der Waals surface area contributed by atoms with Gasteiger partial charge in [-0.3, -0.25) is 4.79 Å². The number of carbonyl (C=O) groups excluding carboxylic acids is 1. The minimum Gasteiger partial charge on any atom is -0.391 e. The smallest absolute Gasteiger partial charge is 0.225 e. The maximum absolute atomic E-state index is 12.2. The van der Waals surface area contributed by atoms with Crippen molar-refractivity contribution in [2.45, 2.75) is 52.1 Å². The quantitative estimate of drug-likeness (QED) is 0.739. The second-order valence-electron chi connectivity index (χ2n) is 6.02. The highest BCUT2D eigenvalue weighted by atomic mass is 16.3. The molecular formula is C13H23NO2. The van der Waals surface area contributed by atoms with E-state index in [9.17, 15) is 9.90 Å². The van der Waals surface area contributed by atoms with Gasteiger partial charge in [0, 0.05) is 19.0 Å². The van der Waals surface area contributed by atoms with Crippen molar-refractivity contribution < 1.29 is 9.90 Å². The molecule has 1 aliphatic heterocycles. The molecule has 1 saturated carbocycles. The predicted octanol–water partition coefficient (Wildman–Crippen LogP) is 1.80. The lowest BCUT2D eigenvalue weighted by molar-refractivity contribution is -0.142. The minimum absolute atomic E-state index is 0.0353. The molecule has 0 radical (unpaired) electrons. The Bertz CT molecular complexity index is 269. The van der Waals surface area contributed by atoms with Gasteiger partial charge in [0.1, 0.15) is 0 Å². The molecule has 1 saturated heterocycles. The molecule has 0 aromatic heterocycles. The first-order chi connectivity index (χ1) is 7.50. The molecule has 1 heterocycles. The first-order valence-electron chi connectivity index (χ1n) is 6.47. The van der Waals surface area contributed by atoms with E-state index in [1.165, 1.54) is 12.8 Å². The molecule has 3 heteroatoms. The van der Waals surface area contributed by atoms with Gasteiger partial charge < -0.3 is 10.0 Å². The lowest BCUT2D eigenvalue weighted by Gasteiger charge is -2.42. The molecule has 1 aliphatic carbocycles. The average molecular weight is 225 g/mol. The summed E-state index contributed by atoms with van der Waals surface area (Å²) in [6, 6.07) is 0. The Morgan fingerprint density at radius 2 is 1.94 bits per heavy atom. The van der Waals surface area contributed by atoms with Crippen molar-refractivity contribution in [2.24, 2.45) is 11.3 Å². The SMILES string of the molecule is CC1(C)CCN(C(=O)C2CCCC2)CC1O. The van der Waals surface area contributed by atoms with Gasteiger partial charge in [0.25, 0.3) is 0 Å². The standard InChI is InChI=1S/C13H23NO2/c1-13(2)7-8-14(9-11(13)15)12(16)10-5-3-4-6-10/h10-11,15H,3-9H2,1-2H3. The molecule has 2 rings (SSSR count). The van der Waals surface area contributed by atoms with Gasteiger partial charge in [0.05, 0.1) is 6.10 Å². The molecule has 1 atom stereocenters. The second-order valence-corrected chi connectivity index (χ2v) is 6.02. The lowest BCUT2D eigenvalue weighted by Crippen LogP contribution is -2.51. The third-order valence-corrected chi connectivity index (χ3v) is 4.34. The largest absolute Gasteiger partial charge is 0.391 e. The number of likely N-dealkylation sites (tertiary alicyclic amines) is 1. The summed E-state index contributed by atoms with van der Waals surface area (Å²) < 4.78 is 0. The van der Waals surface area contributed by atoms with E-state index >= 15 is 0 Å². The van der Waals surface area contributed by atoms with Crippen molar-refractivity contribution in [3.05, 3.63) is 0 Å². The molecule has 2 fully saturated rings. The van der Waals surface area contributed by atoms with Crippen LogP contribution < -0.4 is 0 Å². The molecule has 1 unspecified atom stereocenters. The van der Waals surface area contributed by atoms with Crippen molar-refractivity contribution in [2.75, 3.05) is 13.1 Å². The fourth-order valence-electron chi connectivity index (χ4n) is 2.77. The fraction of sp³-hybridized carbons (Fsp3) is 0.923. The lowest BCUT2D eigenvalue weighted by atomic mass is 9.80. The van der Waals surface area contributed by atoms with E-state index in [1.54, 1.807) is 0 Å². The molecule has 0 aromatic carbocycles. The molecule has 0 bridgehead atoms. The summed E-state index contributed by atoms with van der Waals surface area (Å²) in [5.41, 5.74) is -0.0353. The summed E-state index contributed by atoms with van der Waals surface area (Å²) in [6.45, 7) is 5.51. The number of nitrogens with zero attached hydrogens (tertiary/aromatic N) is 1. The number of carbonyl (C=O) groups is 1. The highest BCUT2D eigenvalue weighted by Gasteiger charge is 2.37. The van der Waals surface area contributed by atoms with Crippen LogP contribution in [-0.4, -0.2) is 35.1 Å². The Morgan fingerprint density at radius 1 is 1.31 bits per heavy atom. The molecule has 1 amide bonds. The highest BCUT2D eigenvalue weighted by molar-refractivity contribution is 5.79. The molecule has 92 valence electrons. The Morgan fingerprint density at radius 3 is 2.50 bits per heavy atom. The fourth-order valence-corrected chi connectivity index (χ4v) is 2.77. The number of piperidine rings is 1. The predicted molar refractivity (Wildman–Crippen MR) is 62.9 cm³/mol. The van der Waals surface area contributed by atoms with Crippen LogP contribution in [0.5, 0.6) is 0 Å². The van der Waals surface area contributed by atoms with Gasteiger partial charge in [0.15, 0.2) is 0 Å². The third kappa shape index (κ3) is 2.24. The van der Waals surface area contributed by atoms with Crippen LogP contribution in [0.1, 0.15) is 46.0 Å². The van der Waals surface area contributed by atoms with Crippen molar-refractivity contribution in [1.29, 1.82) is 0 Å². The Hall–Kier alpha value is -0.570. The topological polar surface area (TPSA) is 40.5 Å². The van der Waals surface area contributed by atoms with Crippen LogP contribution in [0.25, 0.3) is 0 Å². The van der Waals surface area contributed by atoms with Gasteiger partial charge in [0.2, 0.25) is 5.91 Å². The van der Waals surface area contributed by atoms with E-state index in [0.29, 0.717) is 6.54 Å². The number of hydrogen-bond acceptors (Lipinski definition) is 2. The van der Waals surface area contributed by atoms with Crippen LogP contribution in [0.3, 0.4) is 0 Å². The van der Waals surface area contributed by atoms with Gasteiger partial charge in [-0.25, -0.2) is 0 Å². The Labute approximate surface area is 97.8 Å². The number of rotatable bonds is 1. The van der Waals surface area contributed by atoms with Crippen LogP contribution in [0.4, 0.5) is 0 Å². The van der Waals surface area contributed by atoms with Gasteiger partial charge in [-0.05, 0) is 24.7 Å². The molecular weight excluding hydrogens is 202 g/mol. The second kappa shape index (κ2) is 4.36. The van der Waals surface area contributed by atoms with E-state index in [0.717, 1.165) is 25.8 Å². The highest BCUT2D eigenvalue weighted by Crippen LogP contribution is 2.33. The van der Waals surface area contributed by atoms with E-state index in [4.69, 9.17) is 0 Å².